The normalized spacial score (nSPS) is 23.2. The molecule has 4 rings (SSSR count). The maximum atomic E-state index is 12.8. The molecule has 2 aromatic rings. The van der Waals surface area contributed by atoms with Crippen LogP contribution in [0.4, 0.5) is 5.69 Å². The monoisotopic (exact) mass is 442 g/mol. The number of halogens is 1. The number of pyridine rings is 1. The lowest BCUT2D eigenvalue weighted by atomic mass is 10.1. The van der Waals surface area contributed by atoms with Gasteiger partial charge in [-0.15, -0.1) is 0 Å². The van der Waals surface area contributed by atoms with Crippen molar-refractivity contribution < 1.29 is 19.8 Å². The number of carbonyl (C=O) groups excluding carboxylic acids is 1. The number of carboxylic acid groups (broad SMARTS) is 1. The van der Waals surface area contributed by atoms with Gasteiger partial charge in [0.2, 0.25) is 0 Å². The molecule has 162 valence electrons. The fraction of sp³-hybridized carbons (Fsp3) is 0.364. The van der Waals surface area contributed by atoms with Gasteiger partial charge in [-0.1, -0.05) is 23.7 Å². The summed E-state index contributed by atoms with van der Waals surface area (Å²) in [7, 11) is 0. The van der Waals surface area contributed by atoms with E-state index in [1.165, 1.54) is 6.21 Å². The zero-order valence-corrected chi connectivity index (χ0v) is 17.6. The minimum Gasteiger partial charge on any atom is -0.479 e. The molecule has 1 saturated heterocycles. The van der Waals surface area contributed by atoms with Crippen molar-refractivity contribution in [3.63, 3.8) is 0 Å². The van der Waals surface area contributed by atoms with Crippen molar-refractivity contribution in [1.82, 2.24) is 9.88 Å². The van der Waals surface area contributed by atoms with Crippen LogP contribution >= 0.6 is 11.6 Å². The number of anilines is 1. The number of benzene rings is 1. The van der Waals surface area contributed by atoms with Crippen molar-refractivity contribution in [3.8, 4) is 0 Å². The first-order valence-electron chi connectivity index (χ1n) is 10.1. The van der Waals surface area contributed by atoms with Gasteiger partial charge in [-0.2, -0.15) is 0 Å². The van der Waals surface area contributed by atoms with E-state index in [1.54, 1.807) is 35.4 Å². The molecule has 2 unspecified atom stereocenters. The van der Waals surface area contributed by atoms with Gasteiger partial charge in [0, 0.05) is 44.9 Å². The van der Waals surface area contributed by atoms with Crippen LogP contribution in [0.25, 0.3) is 0 Å². The summed E-state index contributed by atoms with van der Waals surface area (Å²) < 4.78 is 0. The number of aromatic nitrogens is 1. The third kappa shape index (κ3) is 4.13. The predicted molar refractivity (Wildman–Crippen MR) is 117 cm³/mol. The molecule has 9 heteroatoms. The first-order chi connectivity index (χ1) is 15.0. The first-order valence-corrected chi connectivity index (χ1v) is 10.5. The molecule has 1 amide bonds. The summed E-state index contributed by atoms with van der Waals surface area (Å²) in [6.45, 7) is 2.06. The van der Waals surface area contributed by atoms with E-state index in [0.29, 0.717) is 48.9 Å². The van der Waals surface area contributed by atoms with E-state index in [1.807, 2.05) is 12.1 Å². The standard InChI is InChI=1S/C22H23ClN4O4/c23-17-5-2-1-4-16(17)20(29)27-10-8-26(9-11-27)19-6-3-7-24-18(19)13-25-22(21(30)31)12-15(22)14-28/h1-7,13,15,28H,8-12,14H2,(H,30,31). The number of amides is 1. The summed E-state index contributed by atoms with van der Waals surface area (Å²) >= 11 is 6.17. The summed E-state index contributed by atoms with van der Waals surface area (Å²) in [6.07, 6.45) is 3.44. The highest BCUT2D eigenvalue weighted by Crippen LogP contribution is 2.47. The molecule has 1 aliphatic carbocycles. The average molecular weight is 443 g/mol. The van der Waals surface area contributed by atoms with Gasteiger partial charge in [-0.3, -0.25) is 14.8 Å². The second-order valence-electron chi connectivity index (χ2n) is 7.74. The highest BCUT2D eigenvalue weighted by atomic mass is 35.5. The van der Waals surface area contributed by atoms with Crippen LogP contribution in [0.3, 0.4) is 0 Å². The minimum absolute atomic E-state index is 0.0922. The molecule has 0 radical (unpaired) electrons. The summed E-state index contributed by atoms with van der Waals surface area (Å²) in [5, 5.41) is 19.2. The van der Waals surface area contributed by atoms with Crippen molar-refractivity contribution >= 4 is 35.4 Å². The maximum absolute atomic E-state index is 12.8. The van der Waals surface area contributed by atoms with Crippen LogP contribution in [0, 0.1) is 5.92 Å². The first kappa shape index (κ1) is 21.3. The van der Waals surface area contributed by atoms with E-state index in [9.17, 15) is 19.8 Å². The number of hydrogen-bond acceptors (Lipinski definition) is 6. The lowest BCUT2D eigenvalue weighted by molar-refractivity contribution is -0.140. The second kappa shape index (κ2) is 8.64. The molecule has 1 aromatic heterocycles. The highest BCUT2D eigenvalue weighted by molar-refractivity contribution is 6.33. The molecule has 2 aliphatic rings. The molecular formula is C22H23ClN4O4. The van der Waals surface area contributed by atoms with Crippen molar-refractivity contribution in [2.45, 2.75) is 12.0 Å². The maximum Gasteiger partial charge on any atom is 0.331 e. The number of aliphatic hydroxyl groups is 1. The molecule has 2 fully saturated rings. The van der Waals surface area contributed by atoms with Gasteiger partial charge in [-0.25, -0.2) is 4.79 Å². The highest BCUT2D eigenvalue weighted by Gasteiger charge is 2.60. The molecule has 1 aromatic carbocycles. The number of rotatable bonds is 6. The Morgan fingerprint density at radius 3 is 2.58 bits per heavy atom. The summed E-state index contributed by atoms with van der Waals surface area (Å²) in [5.41, 5.74) is 0.632. The number of carbonyl (C=O) groups is 2. The Hall–Kier alpha value is -2.97. The molecule has 2 atom stereocenters. The van der Waals surface area contributed by atoms with Crippen molar-refractivity contribution in [2.24, 2.45) is 10.9 Å². The molecular weight excluding hydrogens is 420 g/mol. The number of hydrogen-bond donors (Lipinski definition) is 2. The fourth-order valence-electron chi connectivity index (χ4n) is 3.92. The number of aliphatic hydroxyl groups excluding tert-OH is 1. The van der Waals surface area contributed by atoms with Crippen LogP contribution in [0.1, 0.15) is 22.5 Å². The van der Waals surface area contributed by atoms with Gasteiger partial charge in [0.1, 0.15) is 5.69 Å². The molecule has 0 bridgehead atoms. The van der Waals surface area contributed by atoms with Crippen LogP contribution in [0.15, 0.2) is 47.6 Å². The number of nitrogens with zero attached hydrogens (tertiary/aromatic N) is 4. The largest absolute Gasteiger partial charge is 0.479 e. The Labute approximate surface area is 184 Å². The van der Waals surface area contributed by atoms with E-state index in [-0.39, 0.29) is 18.4 Å². The van der Waals surface area contributed by atoms with E-state index in [0.717, 1.165) is 5.69 Å². The Morgan fingerprint density at radius 1 is 1.19 bits per heavy atom. The summed E-state index contributed by atoms with van der Waals surface area (Å²) in [5.74, 6) is -1.50. The Kier molecular flexibility index (Phi) is 5.93. The second-order valence-corrected chi connectivity index (χ2v) is 8.15. The molecule has 2 N–H and O–H groups in total. The topological polar surface area (TPSA) is 106 Å². The van der Waals surface area contributed by atoms with Crippen molar-refractivity contribution in [3.05, 3.63) is 58.9 Å². The molecule has 2 heterocycles. The van der Waals surface area contributed by atoms with Crippen LogP contribution in [0.5, 0.6) is 0 Å². The fourth-order valence-corrected chi connectivity index (χ4v) is 4.13. The Bertz CT molecular complexity index is 1020. The molecule has 31 heavy (non-hydrogen) atoms. The average Bonchev–Trinajstić information content (AvgIpc) is 3.53. The summed E-state index contributed by atoms with van der Waals surface area (Å²) in [4.78, 5) is 36.9. The van der Waals surface area contributed by atoms with E-state index in [4.69, 9.17) is 11.6 Å². The SMILES string of the molecule is O=C(c1ccccc1Cl)N1CCN(c2cccnc2C=NC2(C(=O)O)CC2CO)CC1. The van der Waals surface area contributed by atoms with Gasteiger partial charge < -0.3 is 20.0 Å². The zero-order chi connectivity index (χ0) is 22.0. The van der Waals surface area contributed by atoms with Crippen LogP contribution in [0.2, 0.25) is 5.02 Å². The Morgan fingerprint density at radius 2 is 1.94 bits per heavy atom. The van der Waals surface area contributed by atoms with Gasteiger partial charge >= 0.3 is 5.97 Å². The van der Waals surface area contributed by atoms with E-state index < -0.39 is 11.5 Å². The lowest BCUT2D eigenvalue weighted by Gasteiger charge is -2.36. The zero-order valence-electron chi connectivity index (χ0n) is 16.8. The molecule has 8 nitrogen and oxygen atoms in total. The number of aliphatic carboxylic acids is 1. The predicted octanol–water partition coefficient (Wildman–Crippen LogP) is 1.95. The number of carboxylic acids is 1. The van der Waals surface area contributed by atoms with E-state index in [2.05, 4.69) is 14.9 Å². The molecule has 0 spiro atoms. The third-order valence-electron chi connectivity index (χ3n) is 5.91. The van der Waals surface area contributed by atoms with Crippen molar-refractivity contribution in [1.29, 1.82) is 0 Å². The van der Waals surface area contributed by atoms with Crippen LogP contribution in [-0.2, 0) is 4.79 Å². The molecule has 1 aliphatic heterocycles. The van der Waals surface area contributed by atoms with Crippen LogP contribution in [-0.4, -0.2) is 76.5 Å². The number of piperazine rings is 1. The van der Waals surface area contributed by atoms with E-state index >= 15 is 0 Å². The Balaban J connectivity index is 1.46. The third-order valence-corrected chi connectivity index (χ3v) is 6.24. The van der Waals surface area contributed by atoms with Crippen LogP contribution < -0.4 is 4.90 Å². The molecule has 1 saturated carbocycles. The summed E-state index contributed by atoms with van der Waals surface area (Å²) in [6, 6.07) is 10.7. The quantitative estimate of drug-likeness (QED) is 0.662. The van der Waals surface area contributed by atoms with Gasteiger partial charge in [0.05, 0.1) is 22.5 Å². The van der Waals surface area contributed by atoms with Crippen molar-refractivity contribution in [2.75, 3.05) is 37.7 Å². The van der Waals surface area contributed by atoms with Gasteiger partial charge in [0.25, 0.3) is 5.91 Å². The number of aliphatic imine (C=N–C) groups is 1. The lowest BCUT2D eigenvalue weighted by Crippen LogP contribution is -2.49. The van der Waals surface area contributed by atoms with Gasteiger partial charge in [-0.05, 0) is 30.7 Å². The van der Waals surface area contributed by atoms with Gasteiger partial charge in [0.15, 0.2) is 5.54 Å². The smallest absolute Gasteiger partial charge is 0.331 e. The minimum atomic E-state index is -1.26.